The van der Waals surface area contributed by atoms with Crippen molar-refractivity contribution in [2.45, 2.75) is 38.5 Å². The number of hydrazine groups is 1. The first-order valence-corrected chi connectivity index (χ1v) is 7.51. The van der Waals surface area contributed by atoms with Crippen LogP contribution in [0.25, 0.3) is 0 Å². The third-order valence-corrected chi connectivity index (χ3v) is 3.88. The van der Waals surface area contributed by atoms with E-state index in [2.05, 4.69) is 10.9 Å². The number of ether oxygens (including phenoxy) is 1. The van der Waals surface area contributed by atoms with E-state index in [-0.39, 0.29) is 29.9 Å². The van der Waals surface area contributed by atoms with Crippen LogP contribution in [0, 0.1) is 11.7 Å². The van der Waals surface area contributed by atoms with Crippen LogP contribution in [0.4, 0.5) is 4.39 Å². The molecule has 0 saturated heterocycles. The van der Waals surface area contributed by atoms with Gasteiger partial charge >= 0.3 is 0 Å². The topological polar surface area (TPSA) is 67.4 Å². The van der Waals surface area contributed by atoms with Crippen molar-refractivity contribution in [1.82, 2.24) is 10.9 Å². The van der Waals surface area contributed by atoms with Gasteiger partial charge in [-0.3, -0.25) is 20.4 Å². The molecular formula is C16H21FN2O3. The van der Waals surface area contributed by atoms with Gasteiger partial charge in [0.1, 0.15) is 0 Å². The Morgan fingerprint density at radius 2 is 1.95 bits per heavy atom. The van der Waals surface area contributed by atoms with E-state index in [1.54, 1.807) is 6.07 Å². The summed E-state index contributed by atoms with van der Waals surface area (Å²) < 4.78 is 18.3. The van der Waals surface area contributed by atoms with E-state index in [4.69, 9.17) is 4.74 Å². The zero-order valence-electron chi connectivity index (χ0n) is 12.7. The van der Waals surface area contributed by atoms with Crippen LogP contribution in [0.3, 0.4) is 0 Å². The fourth-order valence-electron chi connectivity index (χ4n) is 2.65. The molecule has 2 rings (SSSR count). The number of methoxy groups -OCH3 is 1. The summed E-state index contributed by atoms with van der Waals surface area (Å²) in [6.07, 6.45) is 5.00. The highest BCUT2D eigenvalue weighted by molar-refractivity contribution is 5.84. The SMILES string of the molecule is COc1ccc(CC(=O)NNC(=O)C2CCCCC2)cc1F. The van der Waals surface area contributed by atoms with Crippen molar-refractivity contribution in [2.24, 2.45) is 5.92 Å². The van der Waals surface area contributed by atoms with Crippen LogP contribution in [0.2, 0.25) is 0 Å². The molecule has 22 heavy (non-hydrogen) atoms. The quantitative estimate of drug-likeness (QED) is 0.837. The molecule has 2 amide bonds. The van der Waals surface area contributed by atoms with Crippen molar-refractivity contribution in [2.75, 3.05) is 7.11 Å². The van der Waals surface area contributed by atoms with Gasteiger partial charge in [-0.2, -0.15) is 0 Å². The Labute approximate surface area is 129 Å². The zero-order valence-corrected chi connectivity index (χ0v) is 12.7. The summed E-state index contributed by atoms with van der Waals surface area (Å²) in [6, 6.07) is 4.34. The van der Waals surface area contributed by atoms with Crippen molar-refractivity contribution < 1.29 is 18.7 Å². The van der Waals surface area contributed by atoms with Gasteiger partial charge in [0.2, 0.25) is 11.8 Å². The average Bonchev–Trinajstić information content (AvgIpc) is 2.53. The lowest BCUT2D eigenvalue weighted by Gasteiger charge is -2.20. The smallest absolute Gasteiger partial charge is 0.242 e. The Bertz CT molecular complexity index is 542. The molecule has 5 nitrogen and oxygen atoms in total. The standard InChI is InChI=1S/C16H21FN2O3/c1-22-14-8-7-11(9-13(14)17)10-15(20)18-19-16(21)12-5-3-2-4-6-12/h7-9,12H,2-6,10H2,1H3,(H,18,20)(H,19,21). The van der Waals surface area contributed by atoms with E-state index >= 15 is 0 Å². The number of halogens is 1. The van der Waals surface area contributed by atoms with Crippen LogP contribution in [0.15, 0.2) is 18.2 Å². The second-order valence-electron chi connectivity index (χ2n) is 5.52. The summed E-state index contributed by atoms with van der Waals surface area (Å²) in [5, 5.41) is 0. The third-order valence-electron chi connectivity index (χ3n) is 3.88. The van der Waals surface area contributed by atoms with Gasteiger partial charge in [-0.25, -0.2) is 4.39 Å². The molecule has 1 aliphatic rings. The highest BCUT2D eigenvalue weighted by Gasteiger charge is 2.21. The zero-order chi connectivity index (χ0) is 15.9. The Morgan fingerprint density at radius 3 is 2.59 bits per heavy atom. The molecule has 1 saturated carbocycles. The molecule has 0 aliphatic heterocycles. The molecule has 0 heterocycles. The summed E-state index contributed by atoms with van der Waals surface area (Å²) in [5.41, 5.74) is 5.35. The lowest BCUT2D eigenvalue weighted by Crippen LogP contribution is -2.45. The van der Waals surface area contributed by atoms with Gasteiger partial charge in [-0.05, 0) is 30.5 Å². The van der Waals surface area contributed by atoms with Gasteiger partial charge in [0.15, 0.2) is 11.6 Å². The largest absolute Gasteiger partial charge is 0.494 e. The molecule has 1 aliphatic carbocycles. The third kappa shape index (κ3) is 4.44. The molecular weight excluding hydrogens is 287 g/mol. The van der Waals surface area contributed by atoms with Crippen molar-refractivity contribution in [3.05, 3.63) is 29.6 Å². The molecule has 0 radical (unpaired) electrons. The number of carbonyl (C=O) groups is 2. The van der Waals surface area contributed by atoms with Gasteiger partial charge < -0.3 is 4.74 Å². The maximum atomic E-state index is 13.5. The minimum atomic E-state index is -0.515. The fraction of sp³-hybridized carbons (Fsp3) is 0.500. The number of benzene rings is 1. The second kappa shape index (κ2) is 7.77. The molecule has 120 valence electrons. The minimum Gasteiger partial charge on any atom is -0.494 e. The van der Waals surface area contributed by atoms with E-state index in [0.29, 0.717) is 5.56 Å². The van der Waals surface area contributed by atoms with Crippen LogP contribution in [0.5, 0.6) is 5.75 Å². The van der Waals surface area contributed by atoms with E-state index in [1.807, 2.05) is 0 Å². The number of hydrogen-bond donors (Lipinski definition) is 2. The van der Waals surface area contributed by atoms with E-state index < -0.39 is 5.82 Å². The molecule has 0 spiro atoms. The van der Waals surface area contributed by atoms with Crippen LogP contribution >= 0.6 is 0 Å². The maximum Gasteiger partial charge on any atom is 0.242 e. The first kappa shape index (κ1) is 16.3. The lowest BCUT2D eigenvalue weighted by atomic mass is 9.89. The Balaban J connectivity index is 1.80. The predicted octanol–water partition coefficient (Wildman–Crippen LogP) is 2.10. The van der Waals surface area contributed by atoms with Crippen molar-refractivity contribution in [3.63, 3.8) is 0 Å². The number of amides is 2. The normalized spacial score (nSPS) is 15.2. The molecule has 0 unspecified atom stereocenters. The molecule has 2 N–H and O–H groups in total. The second-order valence-corrected chi connectivity index (χ2v) is 5.52. The predicted molar refractivity (Wildman–Crippen MR) is 79.5 cm³/mol. The van der Waals surface area contributed by atoms with Gasteiger partial charge in [-0.1, -0.05) is 25.3 Å². The number of nitrogens with one attached hydrogen (secondary N) is 2. The average molecular weight is 308 g/mol. The van der Waals surface area contributed by atoms with Crippen molar-refractivity contribution >= 4 is 11.8 Å². The summed E-state index contributed by atoms with van der Waals surface area (Å²) >= 11 is 0. The van der Waals surface area contributed by atoms with Crippen LogP contribution in [-0.4, -0.2) is 18.9 Å². The number of rotatable bonds is 4. The summed E-state index contributed by atoms with van der Waals surface area (Å²) in [4.78, 5) is 23.7. The van der Waals surface area contributed by atoms with Crippen LogP contribution < -0.4 is 15.6 Å². The number of hydrogen-bond acceptors (Lipinski definition) is 3. The van der Waals surface area contributed by atoms with E-state index in [9.17, 15) is 14.0 Å². The van der Waals surface area contributed by atoms with Gasteiger partial charge in [0.25, 0.3) is 0 Å². The number of carbonyl (C=O) groups excluding carboxylic acids is 2. The van der Waals surface area contributed by atoms with Crippen LogP contribution in [0.1, 0.15) is 37.7 Å². The first-order chi connectivity index (χ1) is 10.6. The molecule has 1 fully saturated rings. The molecule has 1 aromatic carbocycles. The van der Waals surface area contributed by atoms with Gasteiger partial charge in [0, 0.05) is 5.92 Å². The molecule has 0 aromatic heterocycles. The highest BCUT2D eigenvalue weighted by atomic mass is 19.1. The molecule has 6 heteroatoms. The summed E-state index contributed by atoms with van der Waals surface area (Å²) in [6.45, 7) is 0. The Hall–Kier alpha value is -2.11. The van der Waals surface area contributed by atoms with Gasteiger partial charge in [0.05, 0.1) is 13.5 Å². The minimum absolute atomic E-state index is 0.00807. The molecule has 0 bridgehead atoms. The molecule has 1 aromatic rings. The lowest BCUT2D eigenvalue weighted by molar-refractivity contribution is -0.131. The van der Waals surface area contributed by atoms with Crippen LogP contribution in [-0.2, 0) is 16.0 Å². The Morgan fingerprint density at radius 1 is 1.23 bits per heavy atom. The van der Waals surface area contributed by atoms with E-state index in [1.165, 1.54) is 25.7 Å². The summed E-state index contributed by atoms with van der Waals surface area (Å²) in [5.74, 6) is -0.927. The summed E-state index contributed by atoms with van der Waals surface area (Å²) in [7, 11) is 1.38. The van der Waals surface area contributed by atoms with Crippen molar-refractivity contribution in [3.8, 4) is 5.75 Å². The monoisotopic (exact) mass is 308 g/mol. The first-order valence-electron chi connectivity index (χ1n) is 7.51. The maximum absolute atomic E-state index is 13.5. The van der Waals surface area contributed by atoms with Crippen molar-refractivity contribution in [1.29, 1.82) is 0 Å². The van der Waals surface area contributed by atoms with E-state index in [0.717, 1.165) is 25.7 Å². The van der Waals surface area contributed by atoms with Gasteiger partial charge in [-0.15, -0.1) is 0 Å². The highest BCUT2D eigenvalue weighted by Crippen LogP contribution is 2.23. The molecule has 0 atom stereocenters. The Kier molecular flexibility index (Phi) is 5.75. The fourth-order valence-corrected chi connectivity index (χ4v) is 2.65.